The van der Waals surface area contributed by atoms with Crippen LogP contribution in [0, 0.1) is 6.92 Å². The van der Waals surface area contributed by atoms with Crippen molar-refractivity contribution in [3.63, 3.8) is 0 Å². The fraction of sp³-hybridized carbons (Fsp3) is 0.0667. The summed E-state index contributed by atoms with van der Waals surface area (Å²) in [5, 5.41) is 10.3. The normalized spacial score (nSPS) is 11.5. The molecule has 0 spiro atoms. The number of benzene rings is 1. The summed E-state index contributed by atoms with van der Waals surface area (Å²) in [6.45, 7) is 1.81. The highest BCUT2D eigenvalue weighted by Gasteiger charge is 2.17. The van der Waals surface area contributed by atoms with Crippen LogP contribution >= 0.6 is 22.7 Å². The number of nitrogens with zero attached hydrogens (tertiary/aromatic N) is 2. The Morgan fingerprint density at radius 1 is 1.29 bits per heavy atom. The van der Waals surface area contributed by atoms with E-state index in [0.29, 0.717) is 4.88 Å². The average molecular weight is 314 g/mol. The summed E-state index contributed by atoms with van der Waals surface area (Å²) in [4.78, 5) is 17.9. The van der Waals surface area contributed by atoms with Crippen LogP contribution in [0.2, 0.25) is 0 Å². The Kier molecular flexibility index (Phi) is 2.63. The summed E-state index contributed by atoms with van der Waals surface area (Å²) < 4.78 is 3.08. The lowest BCUT2D eigenvalue weighted by Gasteiger charge is -1.91. The number of carboxylic acid groups (broad SMARTS) is 1. The molecule has 3 aromatic heterocycles. The molecule has 1 N–H and O–H groups in total. The third kappa shape index (κ3) is 1.87. The van der Waals surface area contributed by atoms with Gasteiger partial charge < -0.3 is 5.11 Å². The SMILES string of the molecule is Cc1c(C(=O)O)sc2nc(-c3cc4ccccc4s3)cn12. The van der Waals surface area contributed by atoms with Crippen molar-refractivity contribution >= 4 is 43.7 Å². The predicted molar refractivity (Wildman–Crippen MR) is 85.6 cm³/mol. The molecule has 0 fully saturated rings. The molecule has 1 aromatic carbocycles. The molecule has 6 heteroatoms. The molecule has 4 aromatic rings. The van der Waals surface area contributed by atoms with Gasteiger partial charge in [0.1, 0.15) is 10.6 Å². The van der Waals surface area contributed by atoms with Gasteiger partial charge in [-0.3, -0.25) is 4.40 Å². The maximum atomic E-state index is 11.1. The maximum absolute atomic E-state index is 11.1. The molecule has 0 atom stereocenters. The van der Waals surface area contributed by atoms with Gasteiger partial charge in [0.2, 0.25) is 0 Å². The fourth-order valence-electron chi connectivity index (χ4n) is 2.38. The Hall–Kier alpha value is -2.18. The highest BCUT2D eigenvalue weighted by Crippen LogP contribution is 2.34. The van der Waals surface area contributed by atoms with Crippen molar-refractivity contribution in [1.82, 2.24) is 9.38 Å². The standard InChI is InChI=1S/C15H10N2O2S2/c1-8-13(14(18)19)21-15-16-10(7-17(8)15)12-6-9-4-2-3-5-11(9)20-12/h2-7H,1H3,(H,18,19). The van der Waals surface area contributed by atoms with Gasteiger partial charge in [0.25, 0.3) is 0 Å². The van der Waals surface area contributed by atoms with Gasteiger partial charge in [-0.15, -0.1) is 11.3 Å². The van der Waals surface area contributed by atoms with Gasteiger partial charge in [0, 0.05) is 16.6 Å². The molecular weight excluding hydrogens is 304 g/mol. The third-order valence-corrected chi connectivity index (χ3v) is 5.71. The highest BCUT2D eigenvalue weighted by atomic mass is 32.1. The van der Waals surface area contributed by atoms with Crippen LogP contribution in [-0.2, 0) is 0 Å². The van der Waals surface area contributed by atoms with Gasteiger partial charge in [-0.25, -0.2) is 9.78 Å². The van der Waals surface area contributed by atoms with Crippen LogP contribution in [0.5, 0.6) is 0 Å². The zero-order valence-corrected chi connectivity index (χ0v) is 12.7. The predicted octanol–water partition coefficient (Wildman–Crippen LogP) is 4.28. The Labute approximate surface area is 127 Å². The van der Waals surface area contributed by atoms with Crippen molar-refractivity contribution in [1.29, 1.82) is 0 Å². The van der Waals surface area contributed by atoms with Crippen molar-refractivity contribution < 1.29 is 9.90 Å². The first-order chi connectivity index (χ1) is 10.1. The minimum absolute atomic E-state index is 0.348. The molecule has 4 nitrogen and oxygen atoms in total. The van der Waals surface area contributed by atoms with E-state index in [2.05, 4.69) is 23.2 Å². The van der Waals surface area contributed by atoms with E-state index in [1.54, 1.807) is 11.3 Å². The van der Waals surface area contributed by atoms with E-state index in [1.165, 1.54) is 21.4 Å². The van der Waals surface area contributed by atoms with Gasteiger partial charge in [-0.05, 0) is 24.4 Å². The molecule has 0 amide bonds. The first kappa shape index (κ1) is 12.6. The van der Waals surface area contributed by atoms with Crippen LogP contribution < -0.4 is 0 Å². The number of rotatable bonds is 2. The van der Waals surface area contributed by atoms with Crippen molar-refractivity contribution in [3.8, 4) is 10.6 Å². The second-order valence-electron chi connectivity index (χ2n) is 4.75. The molecule has 0 aliphatic rings. The minimum atomic E-state index is -0.897. The molecule has 4 rings (SSSR count). The van der Waals surface area contributed by atoms with E-state index in [4.69, 9.17) is 5.11 Å². The number of aromatic carboxylic acids is 1. The first-order valence-electron chi connectivity index (χ1n) is 6.34. The van der Waals surface area contributed by atoms with Crippen molar-refractivity contribution in [3.05, 3.63) is 47.1 Å². The fourth-order valence-corrected chi connectivity index (χ4v) is 4.34. The number of aryl methyl sites for hydroxylation is 1. The summed E-state index contributed by atoms with van der Waals surface area (Å²) in [6, 6.07) is 10.3. The highest BCUT2D eigenvalue weighted by molar-refractivity contribution is 7.22. The number of carboxylic acids is 1. The van der Waals surface area contributed by atoms with Crippen molar-refractivity contribution in [2.75, 3.05) is 0 Å². The summed E-state index contributed by atoms with van der Waals surface area (Å²) in [6.07, 6.45) is 1.92. The maximum Gasteiger partial charge on any atom is 0.347 e. The van der Waals surface area contributed by atoms with Crippen LogP contribution in [0.25, 0.3) is 25.6 Å². The molecule has 0 unspecified atom stereocenters. The van der Waals surface area contributed by atoms with Gasteiger partial charge >= 0.3 is 5.97 Å². The summed E-state index contributed by atoms with van der Waals surface area (Å²) in [5.41, 5.74) is 1.62. The lowest BCUT2D eigenvalue weighted by Crippen LogP contribution is -1.96. The number of imidazole rings is 1. The summed E-state index contributed by atoms with van der Waals surface area (Å²) in [5.74, 6) is -0.897. The number of aromatic nitrogens is 2. The Morgan fingerprint density at radius 3 is 2.81 bits per heavy atom. The molecule has 3 heterocycles. The number of fused-ring (bicyclic) bond motifs is 2. The number of thiazole rings is 1. The molecule has 0 saturated carbocycles. The van der Waals surface area contributed by atoms with E-state index in [-0.39, 0.29) is 0 Å². The lowest BCUT2D eigenvalue weighted by molar-refractivity contribution is 0.0701. The number of carbonyl (C=O) groups is 1. The molecule has 0 aliphatic carbocycles. The quantitative estimate of drug-likeness (QED) is 0.600. The zero-order valence-electron chi connectivity index (χ0n) is 11.0. The van der Waals surface area contributed by atoms with Gasteiger partial charge in [-0.2, -0.15) is 0 Å². The van der Waals surface area contributed by atoms with Crippen molar-refractivity contribution in [2.45, 2.75) is 6.92 Å². The second-order valence-corrected chi connectivity index (χ2v) is 6.81. The van der Waals surface area contributed by atoms with Crippen LogP contribution in [0.4, 0.5) is 0 Å². The van der Waals surface area contributed by atoms with Crippen LogP contribution in [0.3, 0.4) is 0 Å². The van der Waals surface area contributed by atoms with Crippen LogP contribution in [0.1, 0.15) is 15.4 Å². The van der Waals surface area contributed by atoms with E-state index in [1.807, 2.05) is 29.7 Å². The minimum Gasteiger partial charge on any atom is -0.477 e. The Morgan fingerprint density at radius 2 is 2.10 bits per heavy atom. The molecule has 0 bridgehead atoms. The molecule has 21 heavy (non-hydrogen) atoms. The van der Waals surface area contributed by atoms with E-state index in [9.17, 15) is 4.79 Å². The smallest absolute Gasteiger partial charge is 0.347 e. The lowest BCUT2D eigenvalue weighted by atomic mass is 10.2. The van der Waals surface area contributed by atoms with E-state index in [0.717, 1.165) is 21.2 Å². The van der Waals surface area contributed by atoms with E-state index >= 15 is 0 Å². The summed E-state index contributed by atoms with van der Waals surface area (Å²) >= 11 is 2.91. The van der Waals surface area contributed by atoms with Crippen LogP contribution in [-0.4, -0.2) is 20.5 Å². The molecule has 0 radical (unpaired) electrons. The summed E-state index contributed by atoms with van der Waals surface area (Å²) in [7, 11) is 0. The van der Waals surface area contributed by atoms with Gasteiger partial charge in [-0.1, -0.05) is 29.5 Å². The monoisotopic (exact) mass is 314 g/mol. The zero-order chi connectivity index (χ0) is 14.6. The molecule has 0 aliphatic heterocycles. The molecule has 104 valence electrons. The third-order valence-electron chi connectivity index (χ3n) is 3.43. The number of hydrogen-bond donors (Lipinski definition) is 1. The van der Waals surface area contributed by atoms with E-state index < -0.39 is 5.97 Å². The molecular formula is C15H10N2O2S2. The second kappa shape index (κ2) is 4.41. The number of hydrogen-bond acceptors (Lipinski definition) is 4. The topological polar surface area (TPSA) is 54.6 Å². The van der Waals surface area contributed by atoms with Gasteiger partial charge in [0.05, 0.1) is 4.88 Å². The number of thiophene rings is 1. The molecule has 0 saturated heterocycles. The Balaban J connectivity index is 1.89. The van der Waals surface area contributed by atoms with Crippen LogP contribution in [0.15, 0.2) is 36.5 Å². The largest absolute Gasteiger partial charge is 0.477 e. The van der Waals surface area contributed by atoms with Crippen molar-refractivity contribution in [2.24, 2.45) is 0 Å². The Bertz CT molecular complexity index is 961. The first-order valence-corrected chi connectivity index (χ1v) is 7.97. The van der Waals surface area contributed by atoms with Gasteiger partial charge in [0.15, 0.2) is 4.96 Å². The average Bonchev–Trinajstić information content (AvgIpc) is 3.12.